The Bertz CT molecular complexity index is 4310. The van der Waals surface area contributed by atoms with E-state index < -0.39 is 23.5 Å². The van der Waals surface area contributed by atoms with Crippen molar-refractivity contribution in [2.24, 2.45) is 0 Å². The number of benzene rings is 3. The van der Waals surface area contributed by atoms with E-state index in [1.165, 1.54) is 41.1 Å². The number of morpholine rings is 3. The predicted molar refractivity (Wildman–Crippen MR) is 379 cm³/mol. The number of nitrogens with one attached hydrogen (secondary N) is 2. The van der Waals surface area contributed by atoms with E-state index in [-0.39, 0.29) is 0 Å². The number of aryl methyl sites for hydroxylation is 3. The van der Waals surface area contributed by atoms with Crippen molar-refractivity contribution in [1.29, 1.82) is 0 Å². The molecule has 0 unspecified atom stereocenters. The summed E-state index contributed by atoms with van der Waals surface area (Å²) in [6.07, 6.45) is 2.75. The van der Waals surface area contributed by atoms with Crippen molar-refractivity contribution < 1.29 is 40.6 Å². The fourth-order valence-corrected chi connectivity index (χ4v) is 12.9. The first-order valence-corrected chi connectivity index (χ1v) is 33.5. The molecule has 0 spiro atoms. The number of hydrogen-bond donors (Lipinski definition) is 2. The summed E-state index contributed by atoms with van der Waals surface area (Å²) in [5.41, 5.74) is 9.82. The average molecular weight is 1390 g/mol. The van der Waals surface area contributed by atoms with Gasteiger partial charge in [-0.1, -0.05) is 30.3 Å². The number of pyridine rings is 3. The summed E-state index contributed by atoms with van der Waals surface area (Å²) in [5, 5.41) is 6.37. The fourth-order valence-electron chi connectivity index (χ4n) is 12.9. The molecule has 101 heavy (non-hydrogen) atoms. The summed E-state index contributed by atoms with van der Waals surface area (Å²) in [5.74, 6) is 6.99. The van der Waals surface area contributed by atoms with Crippen LogP contribution in [0.15, 0.2) is 134 Å². The SMILES string of the molecule is CN1CN(c2cccc(C(F)(F)F)c2)Cc2cnc(Nc3ccc(N4CCOCC4)nc3)nc21.Cc1ccc(C(F)(F)F)cc1N1Cc2cnc(Nc3ccc(N4CCOCC4)nc3)nc2N(C)C1.Cc1ccc(C)c(N2Cc3cnc(Cc4ccc(N5CCOCC5)nc4)nc3N(C)C2)c1. The van der Waals surface area contributed by atoms with Crippen LogP contribution >= 0.6 is 0 Å². The smallest absolute Gasteiger partial charge is 0.378 e. The highest BCUT2D eigenvalue weighted by Crippen LogP contribution is 2.39. The number of alkyl halides is 6. The van der Waals surface area contributed by atoms with Crippen LogP contribution in [0.25, 0.3) is 0 Å². The molecule has 0 radical (unpaired) electrons. The second-order valence-corrected chi connectivity index (χ2v) is 25.7. The maximum atomic E-state index is 13.3. The minimum Gasteiger partial charge on any atom is -0.378 e. The third-order valence-electron chi connectivity index (χ3n) is 18.2. The summed E-state index contributed by atoms with van der Waals surface area (Å²) >= 11 is 0. The summed E-state index contributed by atoms with van der Waals surface area (Å²) in [6, 6.07) is 27.8. The quantitative estimate of drug-likeness (QED) is 0.109. The Kier molecular flexibility index (Phi) is 20.7. The number of anilines is 13. The lowest BCUT2D eigenvalue weighted by Gasteiger charge is -2.37. The molecule has 9 aromatic rings. The van der Waals surface area contributed by atoms with Crippen molar-refractivity contribution in [3.05, 3.63) is 190 Å². The van der Waals surface area contributed by atoms with Crippen molar-refractivity contribution >= 4 is 75.2 Å². The number of fused-ring (bicyclic) bond motifs is 3. The minimum absolute atomic E-state index is 0.403. The summed E-state index contributed by atoms with van der Waals surface area (Å²) < 4.78 is 95.3. The van der Waals surface area contributed by atoms with Gasteiger partial charge < -0.3 is 68.9 Å². The van der Waals surface area contributed by atoms with E-state index in [2.05, 4.69) is 126 Å². The molecule has 12 heterocycles. The van der Waals surface area contributed by atoms with Gasteiger partial charge >= 0.3 is 12.4 Å². The molecule has 6 aliphatic rings. The molecular weight excluding hydrogens is 1310 g/mol. The van der Waals surface area contributed by atoms with Gasteiger partial charge in [0, 0.05) is 145 Å². The fraction of sp³-hybridized carbons (Fsp3) is 0.375. The molecule has 0 atom stereocenters. The van der Waals surface area contributed by atoms with E-state index in [0.717, 1.165) is 158 Å². The molecule has 3 aromatic carbocycles. The molecule has 2 N–H and O–H groups in total. The van der Waals surface area contributed by atoms with E-state index in [9.17, 15) is 26.3 Å². The lowest BCUT2D eigenvalue weighted by atomic mass is 10.1. The molecule has 0 saturated carbocycles. The average Bonchev–Trinajstić information content (AvgIpc) is 0.861. The zero-order chi connectivity index (χ0) is 70.4. The lowest BCUT2D eigenvalue weighted by molar-refractivity contribution is -0.138. The van der Waals surface area contributed by atoms with Crippen LogP contribution < -0.4 is 54.7 Å². The Morgan fingerprint density at radius 2 is 0.851 bits per heavy atom. The summed E-state index contributed by atoms with van der Waals surface area (Å²) in [6.45, 7) is 18.8. The topological polar surface area (TPSA) is 197 Å². The van der Waals surface area contributed by atoms with Crippen molar-refractivity contribution in [2.75, 3.05) is 175 Å². The Morgan fingerprint density at radius 1 is 0.416 bits per heavy atom. The van der Waals surface area contributed by atoms with Crippen LogP contribution in [-0.4, -0.2) is 165 Å². The Balaban J connectivity index is 0.000000136. The van der Waals surface area contributed by atoms with Gasteiger partial charge in [-0.05, 0) is 110 Å². The molecule has 528 valence electrons. The van der Waals surface area contributed by atoms with E-state index in [1.807, 2.05) is 77.3 Å². The van der Waals surface area contributed by atoms with E-state index in [4.69, 9.17) is 19.2 Å². The minimum atomic E-state index is -4.39. The third-order valence-corrected chi connectivity index (χ3v) is 18.2. The van der Waals surface area contributed by atoms with Crippen LogP contribution in [0.3, 0.4) is 0 Å². The zero-order valence-corrected chi connectivity index (χ0v) is 57.2. The van der Waals surface area contributed by atoms with E-state index in [0.29, 0.717) is 82.5 Å². The van der Waals surface area contributed by atoms with Gasteiger partial charge in [0.2, 0.25) is 11.9 Å². The van der Waals surface area contributed by atoms with Gasteiger partial charge in [-0.25, -0.2) is 34.9 Å². The highest BCUT2D eigenvalue weighted by molar-refractivity contribution is 5.66. The summed E-state index contributed by atoms with van der Waals surface area (Å²) in [4.78, 5) is 60.2. The highest BCUT2D eigenvalue weighted by atomic mass is 19.4. The first-order chi connectivity index (χ1) is 48.7. The van der Waals surface area contributed by atoms with Gasteiger partial charge in [-0.2, -0.15) is 36.3 Å². The van der Waals surface area contributed by atoms with Crippen molar-refractivity contribution in [2.45, 2.75) is 59.2 Å². The third kappa shape index (κ3) is 16.8. The standard InChI is InChI=1S/C25H30N6O.C24H26F3N7O.C23H24F3N7O/c1-18-4-5-19(2)22(12-18)31-16-21-15-26-23(28-25(21)29(3)17-31)13-20-6-7-24(27-14-20)30-8-10-32-11-9-30;1-16-3-4-18(24(25,26)27)11-20(16)34-14-17-12-29-23(31-22(17)32(2)15-34)30-19-5-6-21(28-13-19)33-7-9-35-10-8-33;1-31-15-33(19-4-2-3-17(11-19)23(24,25)26)14-16-12-28-22(30-21(16)31)29-18-5-6-20(27-13-18)32-7-9-34-10-8-32/h4-7,12,14-15H,8-11,13,16-17H2,1-3H3;3-6,11-13H,7-10,14-15H2,1-2H3,(H,29,30,31);2-6,11-13H,7-10,14-15H2,1H3,(H,28,29,30). The molecule has 23 nitrogen and oxygen atoms in total. The second kappa shape index (κ2) is 30.2. The normalized spacial score (nSPS) is 16.3. The van der Waals surface area contributed by atoms with Crippen LogP contribution in [0.4, 0.5) is 102 Å². The van der Waals surface area contributed by atoms with Crippen LogP contribution in [0.5, 0.6) is 0 Å². The number of hydrogen-bond acceptors (Lipinski definition) is 23. The lowest BCUT2D eigenvalue weighted by Crippen LogP contribution is -2.41. The van der Waals surface area contributed by atoms with Crippen LogP contribution in [-0.2, 0) is 52.6 Å². The molecular formula is C72H80F6N20O3. The molecule has 0 bridgehead atoms. The Labute approximate surface area is 582 Å². The number of ether oxygens (including phenoxy) is 3. The highest BCUT2D eigenvalue weighted by Gasteiger charge is 2.34. The van der Waals surface area contributed by atoms with Crippen molar-refractivity contribution in [3.8, 4) is 0 Å². The van der Waals surface area contributed by atoms with Gasteiger partial charge in [-0.15, -0.1) is 0 Å². The van der Waals surface area contributed by atoms with Crippen molar-refractivity contribution in [3.63, 3.8) is 0 Å². The second-order valence-electron chi connectivity index (χ2n) is 25.7. The molecule has 3 saturated heterocycles. The van der Waals surface area contributed by atoms with Crippen LogP contribution in [0.2, 0.25) is 0 Å². The monoisotopic (exact) mass is 1390 g/mol. The zero-order valence-electron chi connectivity index (χ0n) is 57.2. The number of aromatic nitrogens is 9. The first kappa shape index (κ1) is 69.1. The van der Waals surface area contributed by atoms with Gasteiger partial charge in [-0.3, -0.25) is 0 Å². The summed E-state index contributed by atoms with van der Waals surface area (Å²) in [7, 11) is 5.82. The van der Waals surface area contributed by atoms with Gasteiger partial charge in [0.15, 0.2) is 0 Å². The molecule has 29 heteroatoms. The van der Waals surface area contributed by atoms with Gasteiger partial charge in [0.1, 0.15) is 40.7 Å². The maximum Gasteiger partial charge on any atom is 0.416 e. The molecule has 6 aliphatic heterocycles. The number of halogens is 6. The Hall–Kier alpha value is -10.4. The number of nitrogens with zero attached hydrogens (tertiary/aromatic N) is 18. The molecule has 0 aliphatic carbocycles. The van der Waals surface area contributed by atoms with Gasteiger partial charge in [0.25, 0.3) is 0 Å². The van der Waals surface area contributed by atoms with Crippen molar-refractivity contribution in [1.82, 2.24) is 44.9 Å². The maximum absolute atomic E-state index is 13.3. The van der Waals surface area contributed by atoms with E-state index in [1.54, 1.807) is 30.9 Å². The van der Waals surface area contributed by atoms with Gasteiger partial charge in [0.05, 0.1) is 94.5 Å². The molecule has 3 fully saturated rings. The predicted octanol–water partition coefficient (Wildman–Crippen LogP) is 11.4. The van der Waals surface area contributed by atoms with Crippen LogP contribution in [0, 0.1) is 20.8 Å². The first-order valence-electron chi connectivity index (χ1n) is 33.5. The molecule has 15 rings (SSSR count). The largest absolute Gasteiger partial charge is 0.416 e. The number of rotatable bonds is 12. The van der Waals surface area contributed by atoms with Crippen LogP contribution in [0.1, 0.15) is 55.9 Å². The van der Waals surface area contributed by atoms with E-state index >= 15 is 0 Å². The Morgan fingerprint density at radius 3 is 1.33 bits per heavy atom. The molecule has 6 aromatic heterocycles. The molecule has 0 amide bonds.